The quantitative estimate of drug-likeness (QED) is 0.790. The van der Waals surface area contributed by atoms with Crippen molar-refractivity contribution < 1.29 is 0 Å². The molecule has 4 heteroatoms. The molecule has 0 fully saturated rings. The van der Waals surface area contributed by atoms with E-state index in [1.807, 2.05) is 18.2 Å². The van der Waals surface area contributed by atoms with Crippen LogP contribution in [-0.2, 0) is 6.54 Å². The van der Waals surface area contributed by atoms with E-state index in [1.54, 1.807) is 0 Å². The lowest BCUT2D eigenvalue weighted by Gasteiger charge is -1.93. The summed E-state index contributed by atoms with van der Waals surface area (Å²) in [5.41, 5.74) is 6.24. The van der Waals surface area contributed by atoms with Crippen LogP contribution >= 0.6 is 32.9 Å². The van der Waals surface area contributed by atoms with Gasteiger partial charge >= 0.3 is 0 Å². The third-order valence-electron chi connectivity index (χ3n) is 0.982. The molecule has 1 aromatic heterocycles. The van der Waals surface area contributed by atoms with E-state index in [9.17, 15) is 0 Å². The average molecular weight is 268 g/mol. The van der Waals surface area contributed by atoms with Crippen LogP contribution in [-0.4, -0.2) is 4.98 Å². The Hall–Kier alpha value is 0.0700. The molecular formula is C6H8Br2N2. The van der Waals surface area contributed by atoms with Crippen LogP contribution in [0.25, 0.3) is 0 Å². The Morgan fingerprint density at radius 1 is 1.50 bits per heavy atom. The minimum Gasteiger partial charge on any atom is -0.325 e. The zero-order valence-corrected chi connectivity index (χ0v) is 8.55. The molecular weight excluding hydrogens is 260 g/mol. The van der Waals surface area contributed by atoms with Gasteiger partial charge in [-0.2, -0.15) is 0 Å². The van der Waals surface area contributed by atoms with Gasteiger partial charge < -0.3 is 5.73 Å². The van der Waals surface area contributed by atoms with E-state index >= 15 is 0 Å². The summed E-state index contributed by atoms with van der Waals surface area (Å²) in [5, 5.41) is 0. The van der Waals surface area contributed by atoms with Crippen LogP contribution in [0.5, 0.6) is 0 Å². The molecule has 0 aromatic carbocycles. The first-order valence-corrected chi connectivity index (χ1v) is 3.44. The van der Waals surface area contributed by atoms with Gasteiger partial charge in [0.25, 0.3) is 0 Å². The Balaban J connectivity index is 0.000000810. The number of hydrogen-bond donors (Lipinski definition) is 1. The largest absolute Gasteiger partial charge is 0.325 e. The molecule has 1 aromatic rings. The van der Waals surface area contributed by atoms with Gasteiger partial charge in [0.2, 0.25) is 0 Å². The van der Waals surface area contributed by atoms with Crippen LogP contribution in [0, 0.1) is 0 Å². The minimum atomic E-state index is 0. The number of aromatic nitrogens is 1. The Morgan fingerprint density at radius 3 is 2.60 bits per heavy atom. The molecule has 0 aliphatic rings. The molecule has 2 N–H and O–H groups in total. The highest BCUT2D eigenvalue weighted by Gasteiger charge is 1.88. The molecule has 0 spiro atoms. The van der Waals surface area contributed by atoms with Crippen molar-refractivity contribution in [3.8, 4) is 0 Å². The molecule has 0 aliphatic heterocycles. The van der Waals surface area contributed by atoms with Gasteiger partial charge in [0.1, 0.15) is 4.60 Å². The number of halogens is 2. The number of nitrogens with zero attached hydrogens (tertiary/aromatic N) is 1. The molecule has 0 aliphatic carbocycles. The van der Waals surface area contributed by atoms with Crippen LogP contribution in [0.1, 0.15) is 5.69 Å². The van der Waals surface area contributed by atoms with Gasteiger partial charge in [0.15, 0.2) is 0 Å². The summed E-state index contributed by atoms with van der Waals surface area (Å²) in [5.74, 6) is 0. The summed E-state index contributed by atoms with van der Waals surface area (Å²) in [7, 11) is 0. The fraction of sp³-hybridized carbons (Fsp3) is 0.167. The number of rotatable bonds is 1. The topological polar surface area (TPSA) is 38.9 Å². The van der Waals surface area contributed by atoms with Crippen molar-refractivity contribution in [3.05, 3.63) is 28.5 Å². The van der Waals surface area contributed by atoms with Gasteiger partial charge in [0.05, 0.1) is 5.69 Å². The van der Waals surface area contributed by atoms with E-state index in [1.165, 1.54) is 0 Å². The standard InChI is InChI=1S/C6H7BrN2.BrH/c7-6-3-1-2-5(4-8)9-6;/h1-3H,4,8H2;1H. The van der Waals surface area contributed by atoms with Gasteiger partial charge in [-0.3, -0.25) is 0 Å². The summed E-state index contributed by atoms with van der Waals surface area (Å²) in [6.07, 6.45) is 0. The monoisotopic (exact) mass is 266 g/mol. The van der Waals surface area contributed by atoms with Gasteiger partial charge in [0, 0.05) is 6.54 Å². The first-order chi connectivity index (χ1) is 4.33. The minimum absolute atomic E-state index is 0. The average Bonchev–Trinajstić information content (AvgIpc) is 1.88. The Morgan fingerprint density at radius 2 is 2.20 bits per heavy atom. The summed E-state index contributed by atoms with van der Waals surface area (Å²) >= 11 is 3.24. The SMILES string of the molecule is Br.NCc1cccc(Br)n1. The van der Waals surface area contributed by atoms with E-state index in [0.29, 0.717) is 6.54 Å². The first kappa shape index (κ1) is 10.1. The van der Waals surface area contributed by atoms with Gasteiger partial charge in [-0.25, -0.2) is 4.98 Å². The molecule has 10 heavy (non-hydrogen) atoms. The molecule has 0 saturated carbocycles. The first-order valence-electron chi connectivity index (χ1n) is 2.64. The second-order valence-corrected chi connectivity index (χ2v) is 2.47. The van der Waals surface area contributed by atoms with Crippen LogP contribution < -0.4 is 5.73 Å². The van der Waals surface area contributed by atoms with Gasteiger partial charge in [-0.05, 0) is 28.1 Å². The number of nitrogens with two attached hydrogens (primary N) is 1. The van der Waals surface area contributed by atoms with Crippen molar-refractivity contribution in [2.75, 3.05) is 0 Å². The Labute approximate surface area is 78.7 Å². The van der Waals surface area contributed by atoms with Gasteiger partial charge in [-0.1, -0.05) is 6.07 Å². The van der Waals surface area contributed by atoms with Crippen molar-refractivity contribution in [1.82, 2.24) is 4.98 Å². The van der Waals surface area contributed by atoms with Crippen LogP contribution in [0.2, 0.25) is 0 Å². The molecule has 2 nitrogen and oxygen atoms in total. The van der Waals surface area contributed by atoms with E-state index in [2.05, 4.69) is 20.9 Å². The van der Waals surface area contributed by atoms with E-state index in [0.717, 1.165) is 10.3 Å². The van der Waals surface area contributed by atoms with Crippen LogP contribution in [0.4, 0.5) is 0 Å². The summed E-state index contributed by atoms with van der Waals surface area (Å²) in [4.78, 5) is 4.08. The molecule has 0 atom stereocenters. The molecule has 1 rings (SSSR count). The predicted octanol–water partition coefficient (Wildman–Crippen LogP) is 1.88. The maximum Gasteiger partial charge on any atom is 0.106 e. The Bertz CT molecular complexity index is 203. The molecule has 0 radical (unpaired) electrons. The third-order valence-corrected chi connectivity index (χ3v) is 1.42. The smallest absolute Gasteiger partial charge is 0.106 e. The molecule has 0 bridgehead atoms. The molecule has 0 unspecified atom stereocenters. The lowest BCUT2D eigenvalue weighted by atomic mass is 10.4. The maximum absolute atomic E-state index is 5.34. The van der Waals surface area contributed by atoms with Gasteiger partial charge in [-0.15, -0.1) is 17.0 Å². The number of pyridine rings is 1. The lowest BCUT2D eigenvalue weighted by Crippen LogP contribution is -1.98. The summed E-state index contributed by atoms with van der Waals surface area (Å²) < 4.78 is 0.838. The van der Waals surface area contributed by atoms with Crippen molar-refractivity contribution in [3.63, 3.8) is 0 Å². The third kappa shape index (κ3) is 2.77. The van der Waals surface area contributed by atoms with Crippen molar-refractivity contribution in [2.45, 2.75) is 6.54 Å². The highest BCUT2D eigenvalue weighted by Crippen LogP contribution is 2.04. The zero-order chi connectivity index (χ0) is 6.69. The van der Waals surface area contributed by atoms with Crippen LogP contribution in [0.15, 0.2) is 22.8 Å². The van der Waals surface area contributed by atoms with Crippen molar-refractivity contribution in [2.24, 2.45) is 5.73 Å². The second-order valence-electron chi connectivity index (χ2n) is 1.66. The molecule has 0 amide bonds. The fourth-order valence-electron chi connectivity index (χ4n) is 0.564. The highest BCUT2D eigenvalue weighted by atomic mass is 79.9. The van der Waals surface area contributed by atoms with E-state index in [-0.39, 0.29) is 17.0 Å². The normalized spacial score (nSPS) is 8.60. The highest BCUT2D eigenvalue weighted by molar-refractivity contribution is 9.10. The van der Waals surface area contributed by atoms with Crippen molar-refractivity contribution >= 4 is 32.9 Å². The molecule has 1 heterocycles. The Kier molecular flexibility index (Phi) is 4.85. The van der Waals surface area contributed by atoms with Crippen molar-refractivity contribution in [1.29, 1.82) is 0 Å². The second kappa shape index (κ2) is 4.82. The molecule has 56 valence electrons. The summed E-state index contributed by atoms with van der Waals surface area (Å²) in [6.45, 7) is 0.499. The van der Waals surface area contributed by atoms with E-state index in [4.69, 9.17) is 5.73 Å². The maximum atomic E-state index is 5.34. The zero-order valence-electron chi connectivity index (χ0n) is 5.25. The fourth-order valence-corrected chi connectivity index (χ4v) is 0.944. The van der Waals surface area contributed by atoms with Crippen LogP contribution in [0.3, 0.4) is 0 Å². The van der Waals surface area contributed by atoms with E-state index < -0.39 is 0 Å². The number of hydrogen-bond acceptors (Lipinski definition) is 2. The lowest BCUT2D eigenvalue weighted by molar-refractivity contribution is 0.980. The predicted molar refractivity (Wildman–Crippen MR) is 50.2 cm³/mol. The molecule has 0 saturated heterocycles. The summed E-state index contributed by atoms with van der Waals surface area (Å²) in [6, 6.07) is 5.68.